The van der Waals surface area contributed by atoms with E-state index < -0.39 is 11.8 Å². The van der Waals surface area contributed by atoms with Crippen LogP contribution in [0, 0.1) is 11.3 Å². The molecular weight excluding hydrogens is 292 g/mol. The van der Waals surface area contributed by atoms with Gasteiger partial charge in [-0.25, -0.2) is 0 Å². The number of nitrogens with two attached hydrogens (primary N) is 1. The van der Waals surface area contributed by atoms with Gasteiger partial charge >= 0.3 is 0 Å². The molecule has 0 heterocycles. The number of hydrogen-bond acceptors (Lipinski definition) is 4. The lowest BCUT2D eigenvalue weighted by molar-refractivity contribution is -0.112. The maximum Gasteiger partial charge on any atom is 0.267 e. The van der Waals surface area contributed by atoms with Gasteiger partial charge in [-0.15, -0.1) is 0 Å². The summed E-state index contributed by atoms with van der Waals surface area (Å²) in [7, 11) is 0. The predicted molar refractivity (Wildman–Crippen MR) is 87.4 cm³/mol. The van der Waals surface area contributed by atoms with Gasteiger partial charge in [0, 0.05) is 23.1 Å². The Hall–Kier alpha value is -3.59. The highest BCUT2D eigenvalue weighted by molar-refractivity contribution is 6.06. The van der Waals surface area contributed by atoms with Gasteiger partial charge in [0.15, 0.2) is 0 Å². The molecule has 2 aromatic rings. The van der Waals surface area contributed by atoms with Gasteiger partial charge in [-0.3, -0.25) is 9.59 Å². The summed E-state index contributed by atoms with van der Waals surface area (Å²) in [6.07, 6.45) is 1.28. The first-order chi connectivity index (χ1) is 11.1. The molecule has 6 nitrogen and oxygen atoms in total. The van der Waals surface area contributed by atoms with Crippen LogP contribution in [0.4, 0.5) is 11.4 Å². The molecule has 0 aliphatic heterocycles. The van der Waals surface area contributed by atoms with Crippen LogP contribution in [0.2, 0.25) is 0 Å². The van der Waals surface area contributed by atoms with Crippen LogP contribution in [-0.2, 0) is 4.79 Å². The van der Waals surface area contributed by atoms with Gasteiger partial charge in [0.05, 0.1) is 0 Å². The number of nitrogens with one attached hydrogen (secondary N) is 2. The van der Waals surface area contributed by atoms with Crippen LogP contribution >= 0.6 is 0 Å². The van der Waals surface area contributed by atoms with Crippen LogP contribution in [0.5, 0.6) is 0 Å². The minimum absolute atomic E-state index is 0.0988. The number of para-hydroxylation sites is 1. The van der Waals surface area contributed by atoms with E-state index in [2.05, 4.69) is 10.6 Å². The Morgan fingerprint density at radius 2 is 1.74 bits per heavy atom. The van der Waals surface area contributed by atoms with Crippen molar-refractivity contribution < 1.29 is 9.59 Å². The molecule has 0 aromatic heterocycles. The van der Waals surface area contributed by atoms with Crippen molar-refractivity contribution in [1.82, 2.24) is 0 Å². The molecular formula is C17H14N4O2. The van der Waals surface area contributed by atoms with Crippen LogP contribution in [0.1, 0.15) is 10.4 Å². The smallest absolute Gasteiger partial charge is 0.267 e. The average molecular weight is 306 g/mol. The Bertz CT molecular complexity index is 792. The second kappa shape index (κ2) is 7.43. The van der Waals surface area contributed by atoms with E-state index in [9.17, 15) is 9.59 Å². The highest BCUT2D eigenvalue weighted by Crippen LogP contribution is 2.12. The van der Waals surface area contributed by atoms with Crippen molar-refractivity contribution >= 4 is 23.2 Å². The van der Waals surface area contributed by atoms with Gasteiger partial charge in [0.1, 0.15) is 11.6 Å². The van der Waals surface area contributed by atoms with E-state index in [-0.39, 0.29) is 5.57 Å². The minimum Gasteiger partial charge on any atom is -0.366 e. The molecule has 0 saturated heterocycles. The van der Waals surface area contributed by atoms with Gasteiger partial charge < -0.3 is 16.4 Å². The van der Waals surface area contributed by atoms with Crippen molar-refractivity contribution in [2.75, 3.05) is 10.6 Å². The predicted octanol–water partition coefficient (Wildman–Crippen LogP) is 2.24. The molecule has 0 radical (unpaired) electrons. The summed E-state index contributed by atoms with van der Waals surface area (Å²) in [5.74, 6) is -1.09. The second-order valence-corrected chi connectivity index (χ2v) is 4.58. The molecule has 0 aliphatic carbocycles. The van der Waals surface area contributed by atoms with Gasteiger partial charge in [-0.1, -0.05) is 24.3 Å². The van der Waals surface area contributed by atoms with E-state index in [0.29, 0.717) is 16.9 Å². The number of anilines is 2. The minimum atomic E-state index is -0.556. The first-order valence-corrected chi connectivity index (χ1v) is 6.73. The van der Waals surface area contributed by atoms with Crippen molar-refractivity contribution in [2.45, 2.75) is 0 Å². The summed E-state index contributed by atoms with van der Waals surface area (Å²) in [5.41, 5.74) is 6.57. The third kappa shape index (κ3) is 4.44. The molecule has 0 aliphatic rings. The van der Waals surface area contributed by atoms with Crippen molar-refractivity contribution in [1.29, 1.82) is 5.26 Å². The number of rotatable bonds is 5. The number of nitriles is 1. The third-order valence-electron chi connectivity index (χ3n) is 2.93. The fourth-order valence-electron chi connectivity index (χ4n) is 1.79. The maximum absolute atomic E-state index is 12.0. The van der Waals surface area contributed by atoms with Crippen LogP contribution in [0.3, 0.4) is 0 Å². The first-order valence-electron chi connectivity index (χ1n) is 6.73. The molecule has 23 heavy (non-hydrogen) atoms. The summed E-state index contributed by atoms with van der Waals surface area (Å²) < 4.78 is 0. The lowest BCUT2D eigenvalue weighted by atomic mass is 10.2. The highest BCUT2D eigenvalue weighted by Gasteiger charge is 2.09. The standard InChI is InChI=1S/C17H14N4O2/c18-10-13(17(23)21-14-6-2-1-3-7-14)11-20-15-8-4-5-12(9-15)16(19)22/h1-9,11,20H,(H2,19,22)(H,21,23)/b13-11+. The van der Waals surface area contributed by atoms with E-state index in [1.807, 2.05) is 12.1 Å². The van der Waals surface area contributed by atoms with Crippen molar-refractivity contribution in [3.8, 4) is 6.07 Å². The second-order valence-electron chi connectivity index (χ2n) is 4.58. The maximum atomic E-state index is 12.0. The summed E-state index contributed by atoms with van der Waals surface area (Å²) in [5, 5.41) is 14.5. The lowest BCUT2D eigenvalue weighted by Gasteiger charge is -2.05. The number of hydrogen-bond donors (Lipinski definition) is 3. The molecule has 0 atom stereocenters. The fourth-order valence-corrected chi connectivity index (χ4v) is 1.79. The number of primary amides is 1. The number of benzene rings is 2. The van der Waals surface area contributed by atoms with Gasteiger partial charge in [-0.05, 0) is 30.3 Å². The zero-order valence-electron chi connectivity index (χ0n) is 12.1. The van der Waals surface area contributed by atoms with Crippen LogP contribution in [0.25, 0.3) is 0 Å². The molecule has 2 rings (SSSR count). The molecule has 0 unspecified atom stereocenters. The Balaban J connectivity index is 2.10. The Morgan fingerprint density at radius 1 is 1.04 bits per heavy atom. The Morgan fingerprint density at radius 3 is 2.39 bits per heavy atom. The monoisotopic (exact) mass is 306 g/mol. The van der Waals surface area contributed by atoms with Crippen molar-refractivity contribution in [2.24, 2.45) is 5.73 Å². The Labute approximate surface area is 133 Å². The van der Waals surface area contributed by atoms with E-state index in [0.717, 1.165) is 0 Å². The zero-order valence-corrected chi connectivity index (χ0v) is 12.1. The summed E-state index contributed by atoms with van der Waals surface area (Å²) in [4.78, 5) is 23.1. The first kappa shape index (κ1) is 15.8. The van der Waals surface area contributed by atoms with Crippen molar-refractivity contribution in [3.63, 3.8) is 0 Å². The van der Waals surface area contributed by atoms with E-state index in [4.69, 9.17) is 11.0 Å². The van der Waals surface area contributed by atoms with Gasteiger partial charge in [-0.2, -0.15) is 5.26 Å². The largest absolute Gasteiger partial charge is 0.366 e. The molecule has 4 N–H and O–H groups in total. The zero-order chi connectivity index (χ0) is 16.7. The molecule has 0 fully saturated rings. The molecule has 0 bridgehead atoms. The van der Waals surface area contributed by atoms with Crippen LogP contribution in [-0.4, -0.2) is 11.8 Å². The topological polar surface area (TPSA) is 108 Å². The third-order valence-corrected chi connectivity index (χ3v) is 2.93. The number of nitrogens with zero attached hydrogens (tertiary/aromatic N) is 1. The van der Waals surface area contributed by atoms with Crippen LogP contribution in [0.15, 0.2) is 66.4 Å². The van der Waals surface area contributed by atoms with Crippen LogP contribution < -0.4 is 16.4 Å². The number of carbonyl (C=O) groups is 2. The highest BCUT2D eigenvalue weighted by atomic mass is 16.2. The summed E-state index contributed by atoms with van der Waals surface area (Å²) in [6.45, 7) is 0. The SMILES string of the molecule is N#C/C(=C\Nc1cccc(C(N)=O)c1)C(=O)Nc1ccccc1. The fraction of sp³-hybridized carbons (Fsp3) is 0. The normalized spacial score (nSPS) is 10.5. The van der Waals surface area contributed by atoms with E-state index >= 15 is 0 Å². The van der Waals surface area contributed by atoms with Gasteiger partial charge in [0.2, 0.25) is 5.91 Å². The van der Waals surface area contributed by atoms with E-state index in [1.54, 1.807) is 42.5 Å². The molecule has 6 heteroatoms. The number of carbonyl (C=O) groups excluding carboxylic acids is 2. The molecule has 0 spiro atoms. The lowest BCUT2D eigenvalue weighted by Crippen LogP contribution is -2.14. The quantitative estimate of drug-likeness (QED) is 0.581. The molecule has 114 valence electrons. The van der Waals surface area contributed by atoms with E-state index in [1.165, 1.54) is 12.3 Å². The number of amides is 2. The van der Waals surface area contributed by atoms with Gasteiger partial charge in [0.25, 0.3) is 5.91 Å². The summed E-state index contributed by atoms with van der Waals surface area (Å²) >= 11 is 0. The average Bonchev–Trinajstić information content (AvgIpc) is 2.56. The molecule has 0 saturated carbocycles. The molecule has 2 amide bonds. The Kier molecular flexibility index (Phi) is 5.10. The molecule has 2 aromatic carbocycles. The van der Waals surface area contributed by atoms with Crippen molar-refractivity contribution in [3.05, 3.63) is 71.9 Å². The summed E-state index contributed by atoms with van der Waals surface area (Å²) in [6, 6.07) is 17.1.